The molecule has 2 atom stereocenters. The van der Waals surface area contributed by atoms with Gasteiger partial charge >= 0.3 is 12.0 Å². The van der Waals surface area contributed by atoms with Gasteiger partial charge in [-0.3, -0.25) is 4.79 Å². The minimum Gasteiger partial charge on any atom is -0.516 e. The number of carbonyl (C=O) groups is 3. The first-order valence-corrected chi connectivity index (χ1v) is 7.59. The number of aliphatic hydroxyl groups excluding tert-OH is 1. The minimum absolute atomic E-state index is 0.0985. The van der Waals surface area contributed by atoms with Crippen LogP contribution < -0.4 is 16.4 Å². The Labute approximate surface area is 152 Å². The average Bonchev–Trinajstić information content (AvgIpc) is 3.22. The van der Waals surface area contributed by atoms with E-state index in [0.717, 1.165) is 6.08 Å². The summed E-state index contributed by atoms with van der Waals surface area (Å²) >= 11 is 0. The van der Waals surface area contributed by atoms with E-state index < -0.39 is 30.0 Å². The Morgan fingerprint density at radius 2 is 2.07 bits per heavy atom. The third-order valence-electron chi connectivity index (χ3n) is 3.24. The van der Waals surface area contributed by atoms with Crippen LogP contribution in [-0.4, -0.2) is 44.3 Å². The van der Waals surface area contributed by atoms with Crippen LogP contribution in [0, 0.1) is 6.92 Å². The normalized spacial score (nSPS) is 13.2. The summed E-state index contributed by atoms with van der Waals surface area (Å²) < 4.78 is 10.4. The first-order chi connectivity index (χ1) is 12.8. The predicted molar refractivity (Wildman–Crippen MR) is 88.1 cm³/mol. The van der Waals surface area contributed by atoms with Crippen LogP contribution in [-0.2, 0) is 9.59 Å². The van der Waals surface area contributed by atoms with Crippen LogP contribution in [0.3, 0.4) is 0 Å². The Kier molecular flexibility index (Phi) is 6.14. The minimum atomic E-state index is -1.49. The molecule has 0 aliphatic carbocycles. The van der Waals surface area contributed by atoms with Crippen LogP contribution in [0.5, 0.6) is 0 Å². The molecule has 0 saturated heterocycles. The number of carboxylic acids is 1. The Morgan fingerprint density at radius 1 is 1.33 bits per heavy atom. The Morgan fingerprint density at radius 3 is 2.63 bits per heavy atom. The molecule has 2 rings (SSSR count). The van der Waals surface area contributed by atoms with Crippen molar-refractivity contribution in [1.82, 2.24) is 20.8 Å². The van der Waals surface area contributed by atoms with Gasteiger partial charge in [-0.05, 0) is 25.1 Å². The summed E-state index contributed by atoms with van der Waals surface area (Å²) in [5.74, 6) is -1.25. The molecule has 6 N–H and O–H groups in total. The highest BCUT2D eigenvalue weighted by molar-refractivity contribution is 5.84. The van der Waals surface area contributed by atoms with Crippen molar-refractivity contribution in [1.29, 1.82) is 0 Å². The van der Waals surface area contributed by atoms with Crippen LogP contribution in [0.2, 0.25) is 0 Å². The molecular formula is C15H17N5O7. The highest BCUT2D eigenvalue weighted by atomic mass is 16.5. The fraction of sp³-hybridized carbons (Fsp3) is 0.267. The van der Waals surface area contributed by atoms with Gasteiger partial charge in [0.2, 0.25) is 17.6 Å². The number of aliphatic hydroxyl groups is 1. The summed E-state index contributed by atoms with van der Waals surface area (Å²) in [4.78, 5) is 38.3. The van der Waals surface area contributed by atoms with Crippen LogP contribution in [0.1, 0.15) is 24.1 Å². The lowest BCUT2D eigenvalue weighted by molar-refractivity contribution is -0.138. The molecule has 0 aliphatic rings. The molecular weight excluding hydrogens is 362 g/mol. The maximum atomic E-state index is 12.0. The SMILES string of the molecule is Cc1ccc(-c2noc([C@H](CC(N)=O)NC(=O)N[C@H](/C=C/O)C(=O)O)n2)o1. The Bertz CT molecular complexity index is 856. The molecule has 0 saturated carbocycles. The second-order valence-corrected chi connectivity index (χ2v) is 5.36. The summed E-state index contributed by atoms with van der Waals surface area (Å²) in [5, 5.41) is 25.7. The first kappa shape index (κ1) is 19.5. The van der Waals surface area contributed by atoms with E-state index in [1.807, 2.05) is 0 Å². The van der Waals surface area contributed by atoms with Crippen molar-refractivity contribution in [2.75, 3.05) is 0 Å². The number of furan rings is 1. The van der Waals surface area contributed by atoms with Crippen molar-refractivity contribution in [2.45, 2.75) is 25.4 Å². The van der Waals surface area contributed by atoms with E-state index in [-0.39, 0.29) is 18.1 Å². The summed E-state index contributed by atoms with van der Waals surface area (Å²) in [7, 11) is 0. The van der Waals surface area contributed by atoms with Gasteiger partial charge in [-0.15, -0.1) is 0 Å². The number of rotatable bonds is 8. The number of carbonyl (C=O) groups excluding carboxylic acids is 2. The number of nitrogens with two attached hydrogens (primary N) is 1. The van der Waals surface area contributed by atoms with E-state index in [4.69, 9.17) is 24.9 Å². The van der Waals surface area contributed by atoms with Crippen LogP contribution in [0.15, 0.2) is 33.4 Å². The fourth-order valence-electron chi connectivity index (χ4n) is 2.05. The Hall–Kier alpha value is -3.83. The topological polar surface area (TPSA) is 194 Å². The lowest BCUT2D eigenvalue weighted by atomic mass is 10.2. The van der Waals surface area contributed by atoms with Crippen molar-refractivity contribution in [3.63, 3.8) is 0 Å². The van der Waals surface area contributed by atoms with E-state index in [9.17, 15) is 14.4 Å². The summed E-state index contributed by atoms with van der Waals surface area (Å²) in [6.45, 7) is 1.73. The van der Waals surface area contributed by atoms with E-state index in [1.165, 1.54) is 0 Å². The molecule has 0 fully saturated rings. The number of carboxylic acid groups (broad SMARTS) is 1. The van der Waals surface area contributed by atoms with Crippen molar-refractivity contribution < 1.29 is 33.5 Å². The van der Waals surface area contributed by atoms with Gasteiger partial charge in [-0.2, -0.15) is 4.98 Å². The number of hydrogen-bond donors (Lipinski definition) is 5. The second-order valence-electron chi connectivity index (χ2n) is 5.36. The highest BCUT2D eigenvalue weighted by Gasteiger charge is 2.26. The molecule has 0 aromatic carbocycles. The van der Waals surface area contributed by atoms with E-state index in [0.29, 0.717) is 17.8 Å². The van der Waals surface area contributed by atoms with Gasteiger partial charge in [0.25, 0.3) is 0 Å². The van der Waals surface area contributed by atoms with Gasteiger partial charge in [0, 0.05) is 0 Å². The van der Waals surface area contributed by atoms with Gasteiger partial charge in [0.05, 0.1) is 12.7 Å². The first-order valence-electron chi connectivity index (χ1n) is 7.59. The van der Waals surface area contributed by atoms with E-state index in [2.05, 4.69) is 20.8 Å². The lowest BCUT2D eigenvalue weighted by Gasteiger charge is -2.16. The van der Waals surface area contributed by atoms with Gasteiger partial charge in [-0.1, -0.05) is 5.16 Å². The van der Waals surface area contributed by atoms with Crippen molar-refractivity contribution in [3.8, 4) is 11.6 Å². The number of nitrogens with one attached hydrogen (secondary N) is 2. The zero-order chi connectivity index (χ0) is 20.0. The molecule has 0 spiro atoms. The lowest BCUT2D eigenvalue weighted by Crippen LogP contribution is -2.46. The second kappa shape index (κ2) is 8.51. The standard InChI is InChI=1S/C15H17N5O7/c1-7-2-3-10(26-7)12-19-13(27-20-12)9(6-11(16)22)18-15(25)17-8(4-5-21)14(23)24/h2-5,8-9,21H,6H2,1H3,(H2,16,22)(H,23,24)(H2,17,18,25)/b5-4+/t8-,9+/m1/s1. The van der Waals surface area contributed by atoms with Crippen LogP contribution in [0.25, 0.3) is 11.6 Å². The van der Waals surface area contributed by atoms with Gasteiger partial charge in [0.1, 0.15) is 17.8 Å². The van der Waals surface area contributed by atoms with Crippen molar-refractivity contribution in [2.24, 2.45) is 5.73 Å². The highest BCUT2D eigenvalue weighted by Crippen LogP contribution is 2.22. The third kappa shape index (κ3) is 5.32. The molecule has 12 heteroatoms. The molecule has 2 aromatic rings. The van der Waals surface area contributed by atoms with Crippen LogP contribution in [0.4, 0.5) is 4.79 Å². The molecule has 0 unspecified atom stereocenters. The zero-order valence-electron chi connectivity index (χ0n) is 14.1. The number of urea groups is 1. The van der Waals surface area contributed by atoms with Gasteiger partial charge < -0.3 is 35.5 Å². The van der Waals surface area contributed by atoms with Gasteiger partial charge in [-0.25, -0.2) is 9.59 Å². The maximum Gasteiger partial charge on any atom is 0.330 e. The van der Waals surface area contributed by atoms with E-state index >= 15 is 0 Å². The predicted octanol–water partition coefficient (Wildman–Crippen LogP) is 0.379. The summed E-state index contributed by atoms with van der Waals surface area (Å²) in [6.07, 6.45) is 0.949. The number of primary amides is 1. The fourth-order valence-corrected chi connectivity index (χ4v) is 2.05. The molecule has 0 radical (unpaired) electrons. The van der Waals surface area contributed by atoms with Crippen LogP contribution >= 0.6 is 0 Å². The van der Waals surface area contributed by atoms with Crippen molar-refractivity contribution in [3.05, 3.63) is 36.1 Å². The summed E-state index contributed by atoms with van der Waals surface area (Å²) in [6, 6.07) is -0.244. The zero-order valence-corrected chi connectivity index (χ0v) is 14.1. The number of aryl methyl sites for hydroxylation is 1. The number of nitrogens with zero attached hydrogens (tertiary/aromatic N) is 2. The molecule has 0 aliphatic heterocycles. The molecule has 2 aromatic heterocycles. The number of aliphatic carboxylic acids is 1. The molecule has 144 valence electrons. The number of amides is 3. The average molecular weight is 379 g/mol. The Balaban J connectivity index is 2.15. The number of aromatic nitrogens is 2. The molecule has 2 heterocycles. The van der Waals surface area contributed by atoms with Gasteiger partial charge in [0.15, 0.2) is 5.76 Å². The monoisotopic (exact) mass is 379 g/mol. The molecule has 0 bridgehead atoms. The summed E-state index contributed by atoms with van der Waals surface area (Å²) in [5.41, 5.74) is 5.17. The third-order valence-corrected chi connectivity index (χ3v) is 3.24. The largest absolute Gasteiger partial charge is 0.516 e. The quantitative estimate of drug-likeness (QED) is 0.403. The molecule has 27 heavy (non-hydrogen) atoms. The van der Waals surface area contributed by atoms with Crippen molar-refractivity contribution >= 4 is 17.9 Å². The number of hydrogen-bond acceptors (Lipinski definition) is 8. The smallest absolute Gasteiger partial charge is 0.330 e. The molecule has 12 nitrogen and oxygen atoms in total. The van der Waals surface area contributed by atoms with E-state index in [1.54, 1.807) is 19.1 Å². The maximum absolute atomic E-state index is 12.0. The molecule has 3 amide bonds.